The van der Waals surface area contributed by atoms with Crippen LogP contribution in [0.15, 0.2) is 22.7 Å². The topological polar surface area (TPSA) is 69.2 Å². The zero-order valence-electron chi connectivity index (χ0n) is 9.76. The number of hydrogen-bond donors (Lipinski definition) is 0. The van der Waals surface area contributed by atoms with Gasteiger partial charge in [0, 0.05) is 5.56 Å². The van der Waals surface area contributed by atoms with E-state index >= 15 is 0 Å². The van der Waals surface area contributed by atoms with Gasteiger partial charge in [-0.2, -0.15) is 0 Å². The molecule has 0 radical (unpaired) electrons. The van der Waals surface area contributed by atoms with Crippen molar-refractivity contribution in [1.82, 2.24) is 5.16 Å². The van der Waals surface area contributed by atoms with Gasteiger partial charge < -0.3 is 4.52 Å². The molecule has 0 fully saturated rings. The van der Waals surface area contributed by atoms with E-state index in [1.165, 1.54) is 37.3 Å². The number of aromatic nitrogens is 1. The molecular weight excluding hydrogens is 275 g/mol. The van der Waals surface area contributed by atoms with Gasteiger partial charge in [0.05, 0.1) is 9.95 Å². The summed E-state index contributed by atoms with van der Waals surface area (Å²) >= 11 is 5.83. The Hall–Kier alpha value is -2.21. The van der Waals surface area contributed by atoms with Crippen LogP contribution in [0.4, 0.5) is 10.1 Å². The quantitative estimate of drug-likeness (QED) is 0.633. The molecule has 0 aliphatic heterocycles. The monoisotopic (exact) mass is 282 g/mol. The Balaban J connectivity index is 2.41. The fraction of sp³-hybridized carbons (Fsp3) is 0.0833. The van der Waals surface area contributed by atoms with Crippen LogP contribution in [0.25, 0.3) is 12.2 Å². The highest BCUT2D eigenvalue weighted by Gasteiger charge is 2.22. The summed E-state index contributed by atoms with van der Waals surface area (Å²) in [4.78, 5) is 10.2. The van der Waals surface area contributed by atoms with Crippen LogP contribution >= 0.6 is 11.6 Å². The second-order valence-electron chi connectivity index (χ2n) is 3.71. The molecule has 1 heterocycles. The average Bonchev–Trinajstić information content (AvgIpc) is 2.70. The largest absolute Gasteiger partial charge is 0.349 e. The van der Waals surface area contributed by atoms with Crippen molar-refractivity contribution in [2.24, 2.45) is 0 Å². The van der Waals surface area contributed by atoms with Crippen molar-refractivity contribution in [3.63, 3.8) is 0 Å². The first-order valence-electron chi connectivity index (χ1n) is 5.23. The molecule has 0 unspecified atom stereocenters. The number of nitro groups is 1. The van der Waals surface area contributed by atoms with Crippen molar-refractivity contribution >= 4 is 29.4 Å². The van der Waals surface area contributed by atoms with Crippen LogP contribution in [0.3, 0.4) is 0 Å². The van der Waals surface area contributed by atoms with Gasteiger partial charge in [-0.15, -0.1) is 0 Å². The van der Waals surface area contributed by atoms with E-state index in [9.17, 15) is 14.5 Å². The first-order valence-corrected chi connectivity index (χ1v) is 5.61. The summed E-state index contributed by atoms with van der Waals surface area (Å²) in [5.74, 6) is -0.579. The molecule has 0 saturated carbocycles. The summed E-state index contributed by atoms with van der Waals surface area (Å²) in [6.07, 6.45) is 2.58. The van der Waals surface area contributed by atoms with Gasteiger partial charge in [0.15, 0.2) is 5.69 Å². The maximum atomic E-state index is 13.5. The molecule has 5 nitrogen and oxygen atoms in total. The molecule has 7 heteroatoms. The second kappa shape index (κ2) is 5.19. The zero-order valence-corrected chi connectivity index (χ0v) is 10.5. The third-order valence-electron chi connectivity index (χ3n) is 2.44. The molecule has 2 aromatic rings. The molecule has 1 aromatic heterocycles. The van der Waals surface area contributed by atoms with E-state index in [1.54, 1.807) is 0 Å². The molecule has 19 heavy (non-hydrogen) atoms. The van der Waals surface area contributed by atoms with E-state index in [4.69, 9.17) is 16.1 Å². The summed E-state index contributed by atoms with van der Waals surface area (Å²) in [7, 11) is 0. The molecule has 0 saturated heterocycles. The molecular formula is C12H8ClFN2O3. The predicted molar refractivity (Wildman–Crippen MR) is 68.2 cm³/mol. The van der Waals surface area contributed by atoms with Gasteiger partial charge >= 0.3 is 5.69 Å². The molecule has 0 N–H and O–H groups in total. The van der Waals surface area contributed by atoms with Crippen molar-refractivity contribution in [3.8, 4) is 0 Å². The van der Waals surface area contributed by atoms with Gasteiger partial charge in [0.1, 0.15) is 5.82 Å². The molecule has 98 valence electrons. The maximum Gasteiger partial charge on any atom is 0.338 e. The molecule has 0 aliphatic carbocycles. The van der Waals surface area contributed by atoms with Crippen LogP contribution in [0, 0.1) is 22.9 Å². The fourth-order valence-electron chi connectivity index (χ4n) is 1.54. The summed E-state index contributed by atoms with van der Waals surface area (Å²) in [5, 5.41) is 14.5. The molecule has 0 bridgehead atoms. The van der Waals surface area contributed by atoms with Crippen LogP contribution in [0.2, 0.25) is 5.02 Å². The summed E-state index contributed by atoms with van der Waals surface area (Å²) < 4.78 is 18.3. The third kappa shape index (κ3) is 2.63. The van der Waals surface area contributed by atoms with Gasteiger partial charge in [-0.3, -0.25) is 10.1 Å². The van der Waals surface area contributed by atoms with E-state index in [-0.39, 0.29) is 27.7 Å². The SMILES string of the molecule is Cc1noc(/C=C/c2c(F)cccc2Cl)c1[N+](=O)[O-]. The van der Waals surface area contributed by atoms with Gasteiger partial charge in [-0.05, 0) is 31.2 Å². The maximum absolute atomic E-state index is 13.5. The highest BCUT2D eigenvalue weighted by molar-refractivity contribution is 6.32. The minimum Gasteiger partial charge on any atom is -0.349 e. The Morgan fingerprint density at radius 2 is 2.21 bits per heavy atom. The number of rotatable bonds is 3. The van der Waals surface area contributed by atoms with Crippen LogP contribution in [0.5, 0.6) is 0 Å². The zero-order chi connectivity index (χ0) is 14.0. The van der Waals surface area contributed by atoms with Crippen LogP contribution in [-0.4, -0.2) is 10.1 Å². The number of halogens is 2. The van der Waals surface area contributed by atoms with Crippen molar-refractivity contribution < 1.29 is 13.8 Å². The van der Waals surface area contributed by atoms with Gasteiger partial charge in [-0.25, -0.2) is 4.39 Å². The van der Waals surface area contributed by atoms with Crippen LogP contribution < -0.4 is 0 Å². The van der Waals surface area contributed by atoms with Crippen molar-refractivity contribution in [2.45, 2.75) is 6.92 Å². The lowest BCUT2D eigenvalue weighted by atomic mass is 10.2. The first kappa shape index (κ1) is 13.2. The summed E-state index contributed by atoms with van der Waals surface area (Å²) in [6, 6.07) is 4.23. The number of hydrogen-bond acceptors (Lipinski definition) is 4. The highest BCUT2D eigenvalue weighted by atomic mass is 35.5. The number of benzene rings is 1. The molecule has 0 atom stereocenters. The highest BCUT2D eigenvalue weighted by Crippen LogP contribution is 2.26. The third-order valence-corrected chi connectivity index (χ3v) is 2.77. The van der Waals surface area contributed by atoms with E-state index in [0.717, 1.165) is 0 Å². The summed E-state index contributed by atoms with van der Waals surface area (Å²) in [6.45, 7) is 1.45. The lowest BCUT2D eigenvalue weighted by Crippen LogP contribution is -1.90. The smallest absolute Gasteiger partial charge is 0.338 e. The number of nitrogens with zero attached hydrogens (tertiary/aromatic N) is 2. The molecule has 0 spiro atoms. The second-order valence-corrected chi connectivity index (χ2v) is 4.11. The van der Waals surface area contributed by atoms with E-state index in [1.807, 2.05) is 0 Å². The average molecular weight is 283 g/mol. The minimum atomic E-state index is -0.603. The molecule has 1 aromatic carbocycles. The molecule has 2 rings (SSSR count). The molecule has 0 amide bonds. The van der Waals surface area contributed by atoms with E-state index in [2.05, 4.69) is 5.16 Å². The Morgan fingerprint density at radius 3 is 2.84 bits per heavy atom. The Morgan fingerprint density at radius 1 is 1.47 bits per heavy atom. The predicted octanol–water partition coefficient (Wildman–Crippen LogP) is 3.85. The van der Waals surface area contributed by atoms with Crippen molar-refractivity contribution in [3.05, 3.63) is 56.2 Å². The lowest BCUT2D eigenvalue weighted by molar-refractivity contribution is -0.386. The van der Waals surface area contributed by atoms with E-state index in [0.29, 0.717) is 0 Å². The van der Waals surface area contributed by atoms with E-state index < -0.39 is 10.7 Å². The Bertz CT molecular complexity index is 647. The minimum absolute atomic E-state index is 0.0539. The van der Waals surface area contributed by atoms with Crippen LogP contribution in [-0.2, 0) is 0 Å². The van der Waals surface area contributed by atoms with Gasteiger partial charge in [0.2, 0.25) is 5.76 Å². The normalized spacial score (nSPS) is 11.1. The van der Waals surface area contributed by atoms with Gasteiger partial charge in [0.25, 0.3) is 0 Å². The number of aryl methyl sites for hydroxylation is 1. The molecule has 0 aliphatic rings. The first-order chi connectivity index (χ1) is 9.00. The summed E-state index contributed by atoms with van der Waals surface area (Å²) in [5.41, 5.74) is 0.0421. The van der Waals surface area contributed by atoms with Gasteiger partial charge in [-0.1, -0.05) is 22.8 Å². The fourth-order valence-corrected chi connectivity index (χ4v) is 1.77. The Kier molecular flexibility index (Phi) is 3.62. The van der Waals surface area contributed by atoms with Crippen molar-refractivity contribution in [1.29, 1.82) is 0 Å². The van der Waals surface area contributed by atoms with Crippen LogP contribution in [0.1, 0.15) is 17.0 Å². The Labute approximate surface area is 112 Å². The van der Waals surface area contributed by atoms with Crippen molar-refractivity contribution in [2.75, 3.05) is 0 Å². The standard InChI is InChI=1S/C12H8ClFN2O3/c1-7-12(16(17)18)11(19-15-7)6-5-8-9(13)3-2-4-10(8)14/h2-6H,1H3/b6-5+. The lowest BCUT2D eigenvalue weighted by Gasteiger charge is -1.98.